The topological polar surface area (TPSA) is 76.1 Å². The molecule has 0 aromatic rings. The summed E-state index contributed by atoms with van der Waals surface area (Å²) in [6.07, 6.45) is 47.6. The second kappa shape index (κ2) is 45.9. The van der Waals surface area contributed by atoms with Crippen molar-refractivity contribution in [2.75, 3.05) is 32.8 Å². The van der Waals surface area contributed by atoms with Crippen molar-refractivity contribution in [2.45, 2.75) is 298 Å². The van der Waals surface area contributed by atoms with Crippen LogP contribution in [0.15, 0.2) is 0 Å². The van der Waals surface area contributed by atoms with Crippen LogP contribution in [0.2, 0.25) is 0 Å². The largest absolute Gasteiger partial charge is 0.466 e. The molecule has 0 bridgehead atoms. The monoisotopic (exact) mass is 850 g/mol. The van der Waals surface area contributed by atoms with Crippen molar-refractivity contribution < 1.29 is 24.2 Å². The summed E-state index contributed by atoms with van der Waals surface area (Å²) in [6.45, 7) is 15.7. The number of rotatable bonds is 49. The van der Waals surface area contributed by atoms with E-state index in [1.165, 1.54) is 173 Å². The SMILES string of the molecule is CCCCCCCCCCCOC(=O)CCCCC(C)(C)CCN(CCCCO)CCCCCCCC(=O)OC(CCCCCCCCCC)CCCCCCCCCC. The van der Waals surface area contributed by atoms with E-state index in [4.69, 9.17) is 9.47 Å². The van der Waals surface area contributed by atoms with Gasteiger partial charge in [0.2, 0.25) is 0 Å². The van der Waals surface area contributed by atoms with E-state index in [1.807, 2.05) is 0 Å². The lowest BCUT2D eigenvalue weighted by Gasteiger charge is -2.30. The van der Waals surface area contributed by atoms with Crippen LogP contribution in [-0.4, -0.2) is 60.9 Å². The number of esters is 2. The van der Waals surface area contributed by atoms with Gasteiger partial charge in [-0.25, -0.2) is 0 Å². The molecule has 0 aliphatic heterocycles. The third-order valence-electron chi connectivity index (χ3n) is 12.9. The van der Waals surface area contributed by atoms with E-state index < -0.39 is 0 Å². The van der Waals surface area contributed by atoms with Crippen molar-refractivity contribution in [1.29, 1.82) is 0 Å². The fourth-order valence-electron chi connectivity index (χ4n) is 8.57. The summed E-state index contributed by atoms with van der Waals surface area (Å²) < 4.78 is 11.6. The molecule has 6 heteroatoms. The number of nitrogens with zero attached hydrogens (tertiary/aromatic N) is 1. The predicted molar refractivity (Wildman–Crippen MR) is 260 cm³/mol. The number of unbranched alkanes of at least 4 members (excludes halogenated alkanes) is 28. The van der Waals surface area contributed by atoms with Crippen LogP contribution in [0.3, 0.4) is 0 Å². The van der Waals surface area contributed by atoms with Gasteiger partial charge in [0.25, 0.3) is 0 Å². The first-order valence-corrected chi connectivity index (χ1v) is 27.0. The zero-order chi connectivity index (χ0) is 44.0. The Bertz CT molecular complexity index is 873. The van der Waals surface area contributed by atoms with E-state index in [0.717, 1.165) is 90.3 Å². The third kappa shape index (κ3) is 43.5. The molecule has 0 aliphatic carbocycles. The molecule has 0 heterocycles. The van der Waals surface area contributed by atoms with E-state index in [2.05, 4.69) is 39.5 Å². The summed E-state index contributed by atoms with van der Waals surface area (Å²) in [5, 5.41) is 9.40. The number of aliphatic hydroxyl groups is 1. The minimum Gasteiger partial charge on any atom is -0.466 e. The lowest BCUT2D eigenvalue weighted by atomic mass is 9.83. The highest BCUT2D eigenvalue weighted by Gasteiger charge is 2.20. The highest BCUT2D eigenvalue weighted by molar-refractivity contribution is 5.69. The molecule has 0 unspecified atom stereocenters. The molecular weight excluding hydrogens is 743 g/mol. The zero-order valence-corrected chi connectivity index (χ0v) is 41.4. The van der Waals surface area contributed by atoms with Crippen molar-refractivity contribution in [2.24, 2.45) is 5.41 Å². The Labute approximate surface area is 375 Å². The molecule has 0 rings (SSSR count). The molecule has 60 heavy (non-hydrogen) atoms. The highest BCUT2D eigenvalue weighted by atomic mass is 16.5. The average Bonchev–Trinajstić information content (AvgIpc) is 3.23. The molecule has 0 atom stereocenters. The zero-order valence-electron chi connectivity index (χ0n) is 41.4. The van der Waals surface area contributed by atoms with Crippen molar-refractivity contribution in [3.05, 3.63) is 0 Å². The van der Waals surface area contributed by atoms with Crippen LogP contribution in [0, 0.1) is 5.41 Å². The number of hydrogen-bond acceptors (Lipinski definition) is 6. The average molecular weight is 850 g/mol. The predicted octanol–water partition coefficient (Wildman–Crippen LogP) is 16.4. The van der Waals surface area contributed by atoms with Crippen molar-refractivity contribution >= 4 is 11.9 Å². The number of carbonyl (C=O) groups is 2. The Morgan fingerprint density at radius 1 is 0.450 bits per heavy atom. The number of aliphatic hydroxyl groups excluding tert-OH is 1. The summed E-state index contributed by atoms with van der Waals surface area (Å²) in [7, 11) is 0. The van der Waals surface area contributed by atoms with E-state index in [0.29, 0.717) is 19.4 Å². The third-order valence-corrected chi connectivity index (χ3v) is 12.9. The first-order valence-electron chi connectivity index (χ1n) is 27.0. The van der Waals surface area contributed by atoms with Gasteiger partial charge in [-0.2, -0.15) is 0 Å². The molecule has 0 saturated carbocycles. The summed E-state index contributed by atoms with van der Waals surface area (Å²) in [4.78, 5) is 27.8. The number of hydrogen-bond donors (Lipinski definition) is 1. The number of carbonyl (C=O) groups excluding carboxylic acids is 2. The minimum atomic E-state index is -0.0234. The minimum absolute atomic E-state index is 0.0234. The van der Waals surface area contributed by atoms with Crippen molar-refractivity contribution in [3.8, 4) is 0 Å². The summed E-state index contributed by atoms with van der Waals surface area (Å²) in [6, 6.07) is 0. The molecule has 0 aromatic carbocycles. The van der Waals surface area contributed by atoms with Crippen LogP contribution in [-0.2, 0) is 19.1 Å². The first-order chi connectivity index (χ1) is 29.3. The lowest BCUT2D eigenvalue weighted by Crippen LogP contribution is -2.30. The van der Waals surface area contributed by atoms with Crippen LogP contribution in [0.4, 0.5) is 0 Å². The Hall–Kier alpha value is -1.14. The molecule has 0 aromatic heterocycles. The maximum Gasteiger partial charge on any atom is 0.306 e. The maximum atomic E-state index is 12.9. The smallest absolute Gasteiger partial charge is 0.306 e. The summed E-state index contributed by atoms with van der Waals surface area (Å²) in [5.41, 5.74) is 0.241. The second-order valence-electron chi connectivity index (χ2n) is 19.6. The van der Waals surface area contributed by atoms with Gasteiger partial charge in [-0.05, 0) is 102 Å². The van der Waals surface area contributed by atoms with Crippen molar-refractivity contribution in [3.63, 3.8) is 0 Å². The molecule has 0 amide bonds. The lowest BCUT2D eigenvalue weighted by molar-refractivity contribution is -0.150. The van der Waals surface area contributed by atoms with Gasteiger partial charge < -0.3 is 19.5 Å². The fraction of sp³-hybridized carbons (Fsp3) is 0.963. The van der Waals surface area contributed by atoms with Gasteiger partial charge in [-0.1, -0.05) is 202 Å². The van der Waals surface area contributed by atoms with E-state index in [-0.39, 0.29) is 30.1 Å². The molecule has 0 saturated heterocycles. The molecular formula is C54H107NO5. The van der Waals surface area contributed by atoms with Crippen LogP contribution in [0.5, 0.6) is 0 Å². The molecule has 1 N–H and O–H groups in total. The van der Waals surface area contributed by atoms with Crippen LogP contribution < -0.4 is 0 Å². The van der Waals surface area contributed by atoms with Gasteiger partial charge in [0.05, 0.1) is 6.61 Å². The highest BCUT2D eigenvalue weighted by Crippen LogP contribution is 2.28. The molecule has 358 valence electrons. The molecule has 6 nitrogen and oxygen atoms in total. The quantitative estimate of drug-likeness (QED) is 0.0485. The molecule has 0 fully saturated rings. The molecule has 0 aliphatic rings. The summed E-state index contributed by atoms with van der Waals surface area (Å²) >= 11 is 0. The Balaban J connectivity index is 4.35. The van der Waals surface area contributed by atoms with Crippen molar-refractivity contribution in [1.82, 2.24) is 4.90 Å². The van der Waals surface area contributed by atoms with E-state index in [1.54, 1.807) is 0 Å². The maximum absolute atomic E-state index is 12.9. The van der Waals surface area contributed by atoms with Gasteiger partial charge in [0.15, 0.2) is 0 Å². The van der Waals surface area contributed by atoms with Gasteiger partial charge in [-0.15, -0.1) is 0 Å². The Morgan fingerprint density at radius 2 is 0.850 bits per heavy atom. The van der Waals surface area contributed by atoms with Gasteiger partial charge in [0, 0.05) is 19.4 Å². The molecule has 0 radical (unpaired) electrons. The number of ether oxygens (including phenoxy) is 2. The molecule has 0 spiro atoms. The van der Waals surface area contributed by atoms with Crippen LogP contribution in [0.25, 0.3) is 0 Å². The Morgan fingerprint density at radius 3 is 1.35 bits per heavy atom. The van der Waals surface area contributed by atoms with Gasteiger partial charge >= 0.3 is 11.9 Å². The first kappa shape index (κ1) is 58.9. The van der Waals surface area contributed by atoms with Crippen LogP contribution >= 0.6 is 0 Å². The second-order valence-corrected chi connectivity index (χ2v) is 19.6. The van der Waals surface area contributed by atoms with Crippen LogP contribution in [0.1, 0.15) is 291 Å². The van der Waals surface area contributed by atoms with E-state index >= 15 is 0 Å². The summed E-state index contributed by atoms with van der Waals surface area (Å²) in [5.74, 6) is 0.00535. The van der Waals surface area contributed by atoms with E-state index in [9.17, 15) is 14.7 Å². The normalized spacial score (nSPS) is 11.9. The van der Waals surface area contributed by atoms with Gasteiger partial charge in [-0.3, -0.25) is 9.59 Å². The van der Waals surface area contributed by atoms with Gasteiger partial charge in [0.1, 0.15) is 6.10 Å². The fourth-order valence-corrected chi connectivity index (χ4v) is 8.57. The standard InChI is InChI=1S/C54H107NO5/c1-6-9-12-15-18-21-24-30-39-50-59-52(57)42-34-35-44-54(4,5)45-48-55(47-37-38-49-56)46-36-29-25-28-33-43-53(58)60-51(40-31-26-22-19-16-13-10-7-2)41-32-27-23-20-17-14-11-8-3/h51,56H,6-50H2,1-5H3. The Kier molecular flexibility index (Phi) is 45.0.